The smallest absolute Gasteiger partial charge is 0.276 e. The Bertz CT molecular complexity index is 753. The Morgan fingerprint density at radius 3 is 2.73 bits per heavy atom. The van der Waals surface area contributed by atoms with Gasteiger partial charge in [-0.1, -0.05) is 31.5 Å². The summed E-state index contributed by atoms with van der Waals surface area (Å²) in [7, 11) is 0. The summed E-state index contributed by atoms with van der Waals surface area (Å²) in [6, 6.07) is 8.04. The lowest BCUT2D eigenvalue weighted by atomic mass is 10.2. The highest BCUT2D eigenvalue weighted by atomic mass is 35.5. The molecule has 6 heteroatoms. The van der Waals surface area contributed by atoms with Crippen LogP contribution in [0.2, 0.25) is 5.02 Å². The molecule has 0 fully saturated rings. The quantitative estimate of drug-likeness (QED) is 0.941. The van der Waals surface area contributed by atoms with Gasteiger partial charge in [-0.25, -0.2) is 4.68 Å². The minimum Gasteiger partial charge on any atom is -0.320 e. The molecule has 1 amide bonds. The second-order valence-electron chi connectivity index (χ2n) is 5.55. The van der Waals surface area contributed by atoms with E-state index in [4.69, 9.17) is 11.6 Å². The van der Waals surface area contributed by atoms with Crippen molar-refractivity contribution < 1.29 is 4.79 Å². The molecule has 0 aliphatic rings. The number of benzene rings is 1. The lowest BCUT2D eigenvalue weighted by Crippen LogP contribution is -2.27. The Morgan fingerprint density at radius 1 is 1.32 bits per heavy atom. The van der Waals surface area contributed by atoms with Crippen LogP contribution in [-0.4, -0.2) is 15.7 Å². The summed E-state index contributed by atoms with van der Waals surface area (Å²) in [5.74, 6) is -0.110. The van der Waals surface area contributed by atoms with Gasteiger partial charge < -0.3 is 5.32 Å². The van der Waals surface area contributed by atoms with Crippen LogP contribution in [-0.2, 0) is 6.54 Å². The third-order valence-corrected chi connectivity index (χ3v) is 3.32. The molecule has 0 unspecified atom stereocenters. The molecule has 1 aromatic heterocycles. The molecule has 0 aliphatic heterocycles. The van der Waals surface area contributed by atoms with Gasteiger partial charge in [-0.15, -0.1) is 0 Å². The molecule has 2 aromatic rings. The number of amides is 1. The van der Waals surface area contributed by atoms with Crippen LogP contribution in [0.3, 0.4) is 0 Å². The number of halogens is 1. The standard InChI is InChI=1S/C16H18ClN3O2/c1-10(2)9-20-15(21)7-6-13(19-20)16(22)18-14-8-12(17)5-4-11(14)3/h4-8,10H,9H2,1-3H3,(H,18,22). The Morgan fingerprint density at radius 2 is 2.05 bits per heavy atom. The lowest BCUT2D eigenvalue weighted by molar-refractivity contribution is 0.101. The van der Waals surface area contributed by atoms with Gasteiger partial charge in [-0.05, 0) is 36.6 Å². The summed E-state index contributed by atoms with van der Waals surface area (Å²) in [5.41, 5.74) is 1.50. The topological polar surface area (TPSA) is 64.0 Å². The number of rotatable bonds is 4. The van der Waals surface area contributed by atoms with E-state index in [1.807, 2.05) is 26.8 Å². The average Bonchev–Trinajstić information content (AvgIpc) is 2.44. The van der Waals surface area contributed by atoms with Gasteiger partial charge in [0.2, 0.25) is 0 Å². The predicted molar refractivity (Wildman–Crippen MR) is 87.5 cm³/mol. The van der Waals surface area contributed by atoms with E-state index in [0.29, 0.717) is 17.3 Å². The van der Waals surface area contributed by atoms with E-state index in [0.717, 1.165) is 5.56 Å². The van der Waals surface area contributed by atoms with Crippen LogP contribution in [0.5, 0.6) is 0 Å². The number of anilines is 1. The third-order valence-electron chi connectivity index (χ3n) is 3.09. The SMILES string of the molecule is Cc1ccc(Cl)cc1NC(=O)c1ccc(=O)n(CC(C)C)n1. The van der Waals surface area contributed by atoms with Crippen LogP contribution < -0.4 is 10.9 Å². The maximum Gasteiger partial charge on any atom is 0.276 e. The second kappa shape index (κ2) is 6.75. The average molecular weight is 320 g/mol. The molecule has 0 bridgehead atoms. The van der Waals surface area contributed by atoms with Gasteiger partial charge in [-0.2, -0.15) is 5.10 Å². The van der Waals surface area contributed by atoms with Crippen LogP contribution >= 0.6 is 11.6 Å². The number of aromatic nitrogens is 2. The van der Waals surface area contributed by atoms with E-state index in [2.05, 4.69) is 10.4 Å². The number of nitrogens with zero attached hydrogens (tertiary/aromatic N) is 2. The number of nitrogens with one attached hydrogen (secondary N) is 1. The minimum atomic E-state index is -0.372. The number of hydrogen-bond donors (Lipinski definition) is 1. The predicted octanol–water partition coefficient (Wildman–Crippen LogP) is 3.11. The molecule has 0 saturated carbocycles. The van der Waals surface area contributed by atoms with Gasteiger partial charge in [0, 0.05) is 23.3 Å². The zero-order valence-corrected chi connectivity index (χ0v) is 13.5. The number of hydrogen-bond acceptors (Lipinski definition) is 3. The van der Waals surface area contributed by atoms with Gasteiger partial charge in [0.05, 0.1) is 0 Å². The lowest BCUT2D eigenvalue weighted by Gasteiger charge is -2.11. The molecule has 2 rings (SSSR count). The molecule has 5 nitrogen and oxygen atoms in total. The molecule has 1 heterocycles. The number of carbonyl (C=O) groups excluding carboxylic acids is 1. The fourth-order valence-corrected chi connectivity index (χ4v) is 2.13. The fraction of sp³-hybridized carbons (Fsp3) is 0.312. The van der Waals surface area contributed by atoms with Crippen LogP contribution in [0.4, 0.5) is 5.69 Å². The van der Waals surface area contributed by atoms with Crippen molar-refractivity contribution in [3.63, 3.8) is 0 Å². The highest BCUT2D eigenvalue weighted by Crippen LogP contribution is 2.20. The first-order valence-corrected chi connectivity index (χ1v) is 7.40. The van der Waals surface area contributed by atoms with Crippen molar-refractivity contribution in [3.05, 3.63) is 57.0 Å². The molecular formula is C16H18ClN3O2. The highest BCUT2D eigenvalue weighted by Gasteiger charge is 2.12. The summed E-state index contributed by atoms with van der Waals surface area (Å²) < 4.78 is 1.31. The van der Waals surface area contributed by atoms with Gasteiger partial charge in [0.15, 0.2) is 0 Å². The van der Waals surface area contributed by atoms with Crippen LogP contribution in [0, 0.1) is 12.8 Å². The van der Waals surface area contributed by atoms with Gasteiger partial charge >= 0.3 is 0 Å². The van der Waals surface area contributed by atoms with Crippen LogP contribution in [0.25, 0.3) is 0 Å². The van der Waals surface area contributed by atoms with Crippen LogP contribution in [0.15, 0.2) is 35.1 Å². The number of carbonyl (C=O) groups is 1. The van der Waals surface area contributed by atoms with Crippen molar-refractivity contribution >= 4 is 23.2 Å². The summed E-state index contributed by atoms with van der Waals surface area (Å²) in [6.07, 6.45) is 0. The van der Waals surface area contributed by atoms with Crippen molar-refractivity contribution in [2.75, 3.05) is 5.32 Å². The monoisotopic (exact) mass is 319 g/mol. The van der Waals surface area contributed by atoms with Crippen molar-refractivity contribution in [1.29, 1.82) is 0 Å². The molecule has 0 aliphatic carbocycles. The first-order valence-electron chi connectivity index (χ1n) is 7.02. The molecule has 22 heavy (non-hydrogen) atoms. The first-order chi connectivity index (χ1) is 10.4. The summed E-state index contributed by atoms with van der Waals surface area (Å²) in [4.78, 5) is 24.0. The van der Waals surface area contributed by atoms with Crippen molar-refractivity contribution in [1.82, 2.24) is 9.78 Å². The van der Waals surface area contributed by atoms with Gasteiger partial charge in [0.25, 0.3) is 11.5 Å². The molecule has 1 N–H and O–H groups in total. The van der Waals surface area contributed by atoms with E-state index >= 15 is 0 Å². The normalized spacial score (nSPS) is 10.8. The highest BCUT2D eigenvalue weighted by molar-refractivity contribution is 6.31. The molecular weight excluding hydrogens is 302 g/mol. The van der Waals surface area contributed by atoms with Crippen molar-refractivity contribution in [2.45, 2.75) is 27.3 Å². The van der Waals surface area contributed by atoms with Crippen molar-refractivity contribution in [2.24, 2.45) is 5.92 Å². The maximum absolute atomic E-state index is 12.3. The van der Waals surface area contributed by atoms with E-state index in [1.54, 1.807) is 12.1 Å². The second-order valence-corrected chi connectivity index (χ2v) is 5.98. The van der Waals surface area contributed by atoms with Crippen molar-refractivity contribution in [3.8, 4) is 0 Å². The summed E-state index contributed by atoms with van der Waals surface area (Å²) in [5, 5.41) is 7.43. The minimum absolute atomic E-state index is 0.194. The molecule has 0 atom stereocenters. The molecule has 1 aromatic carbocycles. The largest absolute Gasteiger partial charge is 0.320 e. The fourth-order valence-electron chi connectivity index (χ4n) is 1.96. The zero-order chi connectivity index (χ0) is 16.3. The van der Waals surface area contributed by atoms with Crippen LogP contribution in [0.1, 0.15) is 29.9 Å². The summed E-state index contributed by atoms with van der Waals surface area (Å²) in [6.45, 7) is 6.31. The van der Waals surface area contributed by atoms with E-state index in [9.17, 15) is 9.59 Å². The first kappa shape index (κ1) is 16.2. The summed E-state index contributed by atoms with van der Waals surface area (Å²) >= 11 is 5.94. The van der Waals surface area contributed by atoms with E-state index in [-0.39, 0.29) is 23.1 Å². The Labute approximate surface area is 133 Å². The van der Waals surface area contributed by atoms with Gasteiger partial charge in [-0.3, -0.25) is 9.59 Å². The Balaban J connectivity index is 2.26. The van der Waals surface area contributed by atoms with E-state index < -0.39 is 0 Å². The van der Waals surface area contributed by atoms with E-state index in [1.165, 1.54) is 16.8 Å². The molecule has 0 spiro atoms. The number of aryl methyl sites for hydroxylation is 1. The third kappa shape index (κ3) is 3.95. The maximum atomic E-state index is 12.3. The molecule has 116 valence electrons. The Kier molecular flexibility index (Phi) is 4.98. The molecule has 0 saturated heterocycles. The zero-order valence-electron chi connectivity index (χ0n) is 12.8. The Hall–Kier alpha value is -2.14. The molecule has 0 radical (unpaired) electrons. The van der Waals surface area contributed by atoms with Gasteiger partial charge in [0.1, 0.15) is 5.69 Å².